The van der Waals surface area contributed by atoms with Crippen LogP contribution in [0.1, 0.15) is 41.8 Å². The Balaban J connectivity index is 1.69. The SMILES string of the molecule is CC(c1cscn1)c1c(CCN2CCCC2)sc2ccccc12. The molecule has 0 saturated carbocycles. The average Bonchev–Trinajstić information content (AvgIpc) is 3.31. The van der Waals surface area contributed by atoms with Crippen molar-refractivity contribution >= 4 is 32.8 Å². The third-order valence-electron chi connectivity index (χ3n) is 4.89. The molecule has 0 amide bonds. The molecule has 1 aliphatic rings. The molecule has 1 atom stereocenters. The minimum absolute atomic E-state index is 0.381. The van der Waals surface area contributed by atoms with Crippen molar-refractivity contribution in [2.45, 2.75) is 32.1 Å². The number of hydrogen-bond acceptors (Lipinski definition) is 4. The van der Waals surface area contributed by atoms with Gasteiger partial charge in [-0.25, -0.2) is 4.98 Å². The Morgan fingerprint density at radius 1 is 1.22 bits per heavy atom. The number of rotatable bonds is 5. The van der Waals surface area contributed by atoms with Crippen LogP contribution in [0.2, 0.25) is 0 Å². The number of thiazole rings is 1. The smallest absolute Gasteiger partial charge is 0.0794 e. The van der Waals surface area contributed by atoms with E-state index in [0.717, 1.165) is 0 Å². The van der Waals surface area contributed by atoms with Crippen molar-refractivity contribution in [2.75, 3.05) is 19.6 Å². The second kappa shape index (κ2) is 6.71. The van der Waals surface area contributed by atoms with Crippen LogP contribution in [0.25, 0.3) is 10.1 Å². The van der Waals surface area contributed by atoms with Gasteiger partial charge in [0.15, 0.2) is 0 Å². The van der Waals surface area contributed by atoms with Crippen molar-refractivity contribution in [3.8, 4) is 0 Å². The zero-order valence-corrected chi connectivity index (χ0v) is 15.1. The highest BCUT2D eigenvalue weighted by atomic mass is 32.1. The highest BCUT2D eigenvalue weighted by Crippen LogP contribution is 2.39. The lowest BCUT2D eigenvalue weighted by molar-refractivity contribution is 0.344. The summed E-state index contributed by atoms with van der Waals surface area (Å²) in [7, 11) is 0. The number of nitrogens with zero attached hydrogens (tertiary/aromatic N) is 2. The fraction of sp³-hybridized carbons (Fsp3) is 0.421. The summed E-state index contributed by atoms with van der Waals surface area (Å²) in [6.07, 6.45) is 3.91. The maximum atomic E-state index is 4.57. The fourth-order valence-corrected chi connectivity index (χ4v) is 5.56. The van der Waals surface area contributed by atoms with Gasteiger partial charge in [0, 0.05) is 27.4 Å². The summed E-state index contributed by atoms with van der Waals surface area (Å²) in [6, 6.07) is 8.86. The van der Waals surface area contributed by atoms with E-state index in [0.29, 0.717) is 5.92 Å². The van der Waals surface area contributed by atoms with Crippen molar-refractivity contribution in [2.24, 2.45) is 0 Å². The third-order valence-corrected chi connectivity index (χ3v) is 6.74. The third kappa shape index (κ3) is 3.08. The van der Waals surface area contributed by atoms with Gasteiger partial charge >= 0.3 is 0 Å². The Kier molecular flexibility index (Phi) is 4.47. The summed E-state index contributed by atoms with van der Waals surface area (Å²) in [5, 5.41) is 3.62. The summed E-state index contributed by atoms with van der Waals surface area (Å²) < 4.78 is 1.42. The molecule has 0 radical (unpaired) electrons. The van der Waals surface area contributed by atoms with Crippen molar-refractivity contribution in [1.29, 1.82) is 0 Å². The number of likely N-dealkylation sites (tertiary alicyclic amines) is 1. The van der Waals surface area contributed by atoms with E-state index in [1.807, 2.05) is 16.8 Å². The maximum Gasteiger partial charge on any atom is 0.0794 e. The molecule has 1 aromatic carbocycles. The molecule has 4 heteroatoms. The van der Waals surface area contributed by atoms with Crippen LogP contribution in [0, 0.1) is 0 Å². The van der Waals surface area contributed by atoms with Crippen LogP contribution in [0.4, 0.5) is 0 Å². The van der Waals surface area contributed by atoms with Gasteiger partial charge < -0.3 is 4.90 Å². The average molecular weight is 343 g/mol. The van der Waals surface area contributed by atoms with Crippen LogP contribution in [-0.4, -0.2) is 29.5 Å². The molecule has 3 aromatic rings. The van der Waals surface area contributed by atoms with Crippen LogP contribution in [0.3, 0.4) is 0 Å². The minimum atomic E-state index is 0.381. The maximum absolute atomic E-state index is 4.57. The molecule has 2 aromatic heterocycles. The summed E-state index contributed by atoms with van der Waals surface area (Å²) >= 11 is 3.68. The second-order valence-corrected chi connectivity index (χ2v) is 8.22. The van der Waals surface area contributed by atoms with Crippen molar-refractivity contribution in [1.82, 2.24) is 9.88 Å². The van der Waals surface area contributed by atoms with Gasteiger partial charge in [-0.05, 0) is 49.4 Å². The van der Waals surface area contributed by atoms with E-state index in [4.69, 9.17) is 0 Å². The molecular weight excluding hydrogens is 320 g/mol. The molecular formula is C19H22N2S2. The number of aromatic nitrogens is 1. The van der Waals surface area contributed by atoms with Gasteiger partial charge in [-0.2, -0.15) is 0 Å². The van der Waals surface area contributed by atoms with E-state index >= 15 is 0 Å². The normalized spacial score (nSPS) is 17.1. The summed E-state index contributed by atoms with van der Waals surface area (Å²) in [6.45, 7) is 6.07. The lowest BCUT2D eigenvalue weighted by Gasteiger charge is -2.16. The van der Waals surface area contributed by atoms with Gasteiger partial charge in [-0.15, -0.1) is 22.7 Å². The first-order valence-electron chi connectivity index (χ1n) is 8.43. The van der Waals surface area contributed by atoms with Crippen molar-refractivity contribution in [3.63, 3.8) is 0 Å². The predicted octanol–water partition coefficient (Wildman–Crippen LogP) is 5.15. The molecule has 0 spiro atoms. The summed E-state index contributed by atoms with van der Waals surface area (Å²) in [5.41, 5.74) is 4.67. The molecule has 0 aliphatic carbocycles. The molecule has 2 nitrogen and oxygen atoms in total. The molecule has 3 heterocycles. The lowest BCUT2D eigenvalue weighted by Crippen LogP contribution is -2.22. The molecule has 4 rings (SSSR count). The molecule has 1 aliphatic heterocycles. The predicted molar refractivity (Wildman–Crippen MR) is 101 cm³/mol. The molecule has 23 heavy (non-hydrogen) atoms. The summed E-state index contributed by atoms with van der Waals surface area (Å²) in [4.78, 5) is 8.74. The topological polar surface area (TPSA) is 16.1 Å². The molecule has 120 valence electrons. The lowest BCUT2D eigenvalue weighted by atomic mass is 9.94. The molecule has 1 unspecified atom stereocenters. The van der Waals surface area contributed by atoms with E-state index < -0.39 is 0 Å². The Morgan fingerprint density at radius 2 is 2.04 bits per heavy atom. The standard InChI is InChI=1S/C19H22N2S2/c1-14(16-12-22-13-20-16)19-15-6-2-3-7-17(15)23-18(19)8-11-21-9-4-5-10-21/h2-3,6-7,12-14H,4-5,8-11H2,1H3. The second-order valence-electron chi connectivity index (χ2n) is 6.37. The monoisotopic (exact) mass is 342 g/mol. The fourth-order valence-electron chi connectivity index (χ4n) is 3.63. The van der Waals surface area contributed by atoms with Gasteiger partial charge in [0.1, 0.15) is 0 Å². The van der Waals surface area contributed by atoms with Crippen LogP contribution in [0.5, 0.6) is 0 Å². The van der Waals surface area contributed by atoms with Crippen molar-refractivity contribution in [3.05, 3.63) is 51.3 Å². The van der Waals surface area contributed by atoms with Gasteiger partial charge in [-0.3, -0.25) is 0 Å². The molecule has 1 fully saturated rings. The Morgan fingerprint density at radius 3 is 2.83 bits per heavy atom. The Labute approximate surface area is 145 Å². The molecule has 1 saturated heterocycles. The van der Waals surface area contributed by atoms with Crippen LogP contribution in [0.15, 0.2) is 35.2 Å². The van der Waals surface area contributed by atoms with E-state index in [1.54, 1.807) is 16.2 Å². The quantitative estimate of drug-likeness (QED) is 0.637. The summed E-state index contributed by atoms with van der Waals surface area (Å²) in [5.74, 6) is 0.381. The first kappa shape index (κ1) is 15.3. The number of hydrogen-bond donors (Lipinski definition) is 0. The highest BCUT2D eigenvalue weighted by molar-refractivity contribution is 7.19. The zero-order chi connectivity index (χ0) is 15.6. The van der Waals surface area contributed by atoms with E-state index in [2.05, 4.69) is 46.5 Å². The first-order chi connectivity index (χ1) is 11.3. The number of thiophene rings is 1. The first-order valence-corrected chi connectivity index (χ1v) is 10.2. The Hall–Kier alpha value is -1.23. The van der Waals surface area contributed by atoms with Crippen LogP contribution < -0.4 is 0 Å². The van der Waals surface area contributed by atoms with Gasteiger partial charge in [-0.1, -0.05) is 25.1 Å². The van der Waals surface area contributed by atoms with Crippen molar-refractivity contribution < 1.29 is 0 Å². The van der Waals surface area contributed by atoms with E-state index in [1.165, 1.54) is 60.2 Å². The van der Waals surface area contributed by atoms with E-state index in [-0.39, 0.29) is 0 Å². The van der Waals surface area contributed by atoms with Gasteiger partial charge in [0.05, 0.1) is 11.2 Å². The number of benzene rings is 1. The highest BCUT2D eigenvalue weighted by Gasteiger charge is 2.21. The van der Waals surface area contributed by atoms with Crippen LogP contribution >= 0.6 is 22.7 Å². The van der Waals surface area contributed by atoms with E-state index in [9.17, 15) is 0 Å². The van der Waals surface area contributed by atoms with Gasteiger partial charge in [0.2, 0.25) is 0 Å². The largest absolute Gasteiger partial charge is 0.303 e. The Bertz CT molecular complexity index is 770. The van der Waals surface area contributed by atoms with Gasteiger partial charge in [0.25, 0.3) is 0 Å². The molecule has 0 bridgehead atoms. The molecule has 0 N–H and O–H groups in total. The number of fused-ring (bicyclic) bond motifs is 1. The zero-order valence-electron chi connectivity index (χ0n) is 13.5. The minimum Gasteiger partial charge on any atom is -0.303 e. The van der Waals surface area contributed by atoms with Crippen LogP contribution in [-0.2, 0) is 6.42 Å².